The number of benzene rings is 1. The largest absolute Gasteiger partial charge is 0.478 e. The topological polar surface area (TPSA) is 57.5 Å². The van der Waals surface area contributed by atoms with Gasteiger partial charge in [-0.05, 0) is 30.5 Å². The lowest BCUT2D eigenvalue weighted by atomic mass is 10.1. The van der Waals surface area contributed by atoms with Crippen molar-refractivity contribution in [3.63, 3.8) is 0 Å². The molecule has 0 radical (unpaired) electrons. The maximum Gasteiger partial charge on any atom is 0.338 e. The van der Waals surface area contributed by atoms with Gasteiger partial charge in [0, 0.05) is 6.61 Å². The number of carbonyl (C=O) groups is 1. The summed E-state index contributed by atoms with van der Waals surface area (Å²) in [5.41, 5.74) is -0.316. The summed E-state index contributed by atoms with van der Waals surface area (Å²) < 4.78 is 25.9. The van der Waals surface area contributed by atoms with Crippen molar-refractivity contribution in [3.8, 4) is 0 Å². The lowest BCUT2D eigenvalue weighted by molar-refractivity contribution is 0.0690. The minimum Gasteiger partial charge on any atom is -0.478 e. The molecule has 82 valence electrons. The van der Waals surface area contributed by atoms with Gasteiger partial charge in [0.2, 0.25) is 0 Å². The molecule has 15 heavy (non-hydrogen) atoms. The molecule has 3 nitrogen and oxygen atoms in total. The zero-order valence-electron chi connectivity index (χ0n) is 7.83. The highest BCUT2D eigenvalue weighted by molar-refractivity contribution is 5.88. The van der Waals surface area contributed by atoms with E-state index in [2.05, 4.69) is 0 Å². The van der Waals surface area contributed by atoms with Crippen LogP contribution in [0, 0.1) is 11.6 Å². The minimum absolute atomic E-state index is 0.0819. The summed E-state index contributed by atoms with van der Waals surface area (Å²) in [6.07, 6.45) is 0.693. The minimum atomic E-state index is -1.50. The monoisotopic (exact) mass is 216 g/mol. The summed E-state index contributed by atoms with van der Waals surface area (Å²) >= 11 is 0. The molecule has 0 aliphatic heterocycles. The maximum atomic E-state index is 12.9. The number of aliphatic hydroxyl groups excluding tert-OH is 1. The highest BCUT2D eigenvalue weighted by Gasteiger charge is 2.15. The van der Waals surface area contributed by atoms with Gasteiger partial charge in [0.25, 0.3) is 0 Å². The number of rotatable bonds is 4. The van der Waals surface area contributed by atoms with Crippen LogP contribution in [-0.2, 0) is 6.42 Å². The Morgan fingerprint density at radius 3 is 2.53 bits per heavy atom. The molecule has 0 aliphatic rings. The second-order valence-electron chi connectivity index (χ2n) is 3.07. The molecule has 0 heterocycles. The van der Waals surface area contributed by atoms with E-state index in [1.807, 2.05) is 0 Å². The van der Waals surface area contributed by atoms with E-state index in [1.54, 1.807) is 0 Å². The quantitative estimate of drug-likeness (QED) is 0.803. The van der Waals surface area contributed by atoms with E-state index in [0.29, 0.717) is 18.4 Å². The van der Waals surface area contributed by atoms with Gasteiger partial charge in [-0.1, -0.05) is 0 Å². The summed E-state index contributed by atoms with van der Waals surface area (Å²) in [5.74, 6) is -4.03. The fraction of sp³-hybridized carbons (Fsp3) is 0.300. The molecule has 0 atom stereocenters. The van der Waals surface area contributed by atoms with Crippen LogP contribution in [0.3, 0.4) is 0 Å². The predicted molar refractivity (Wildman–Crippen MR) is 48.7 cm³/mol. The zero-order chi connectivity index (χ0) is 11.4. The third-order valence-corrected chi connectivity index (χ3v) is 1.94. The summed E-state index contributed by atoms with van der Waals surface area (Å²) in [6, 6.07) is 2.02. The van der Waals surface area contributed by atoms with Gasteiger partial charge >= 0.3 is 5.97 Å². The standard InChI is InChI=1S/C10H10F2O3/c11-8-5-6(2-1-3-13)4-7(9(8)12)10(14)15/h4-5,13H,1-3H2,(H,14,15). The number of aryl methyl sites for hydroxylation is 1. The van der Waals surface area contributed by atoms with Crippen LogP contribution in [-0.4, -0.2) is 22.8 Å². The van der Waals surface area contributed by atoms with Crippen molar-refractivity contribution in [3.05, 3.63) is 34.9 Å². The van der Waals surface area contributed by atoms with Crippen LogP contribution >= 0.6 is 0 Å². The van der Waals surface area contributed by atoms with Gasteiger partial charge in [-0.2, -0.15) is 0 Å². The highest BCUT2D eigenvalue weighted by Crippen LogP contribution is 2.16. The predicted octanol–water partition coefficient (Wildman–Crippen LogP) is 1.59. The van der Waals surface area contributed by atoms with Crippen LogP contribution in [0.5, 0.6) is 0 Å². The normalized spacial score (nSPS) is 10.3. The smallest absolute Gasteiger partial charge is 0.338 e. The Labute approximate surface area is 85.0 Å². The Kier molecular flexibility index (Phi) is 3.74. The molecular weight excluding hydrogens is 206 g/mol. The van der Waals surface area contributed by atoms with E-state index in [1.165, 1.54) is 0 Å². The molecule has 1 aromatic carbocycles. The molecule has 0 saturated heterocycles. The molecule has 0 spiro atoms. The van der Waals surface area contributed by atoms with Crippen LogP contribution in [0.1, 0.15) is 22.3 Å². The molecule has 5 heteroatoms. The highest BCUT2D eigenvalue weighted by atomic mass is 19.2. The van der Waals surface area contributed by atoms with E-state index >= 15 is 0 Å². The van der Waals surface area contributed by atoms with Crippen molar-refractivity contribution < 1.29 is 23.8 Å². The van der Waals surface area contributed by atoms with E-state index < -0.39 is 23.2 Å². The van der Waals surface area contributed by atoms with Gasteiger partial charge in [0.1, 0.15) is 0 Å². The van der Waals surface area contributed by atoms with Crippen LogP contribution in [0.25, 0.3) is 0 Å². The van der Waals surface area contributed by atoms with Gasteiger partial charge in [-0.25, -0.2) is 13.6 Å². The summed E-state index contributed by atoms with van der Waals surface area (Å²) in [4.78, 5) is 10.5. The first kappa shape index (κ1) is 11.6. The van der Waals surface area contributed by atoms with Gasteiger partial charge < -0.3 is 10.2 Å². The zero-order valence-corrected chi connectivity index (χ0v) is 7.83. The maximum absolute atomic E-state index is 12.9. The molecule has 0 amide bonds. The number of hydrogen-bond donors (Lipinski definition) is 2. The van der Waals surface area contributed by atoms with Gasteiger partial charge in [0.15, 0.2) is 11.6 Å². The van der Waals surface area contributed by atoms with E-state index in [9.17, 15) is 13.6 Å². The molecule has 0 saturated carbocycles. The lowest BCUT2D eigenvalue weighted by Gasteiger charge is -2.04. The van der Waals surface area contributed by atoms with Crippen molar-refractivity contribution in [1.29, 1.82) is 0 Å². The second kappa shape index (κ2) is 4.84. The van der Waals surface area contributed by atoms with Crippen molar-refractivity contribution in [2.75, 3.05) is 6.61 Å². The first-order chi connectivity index (χ1) is 7.06. The summed E-state index contributed by atoms with van der Waals surface area (Å²) in [5, 5.41) is 17.1. The Balaban J connectivity index is 3.06. The number of carboxylic acids is 1. The fourth-order valence-electron chi connectivity index (χ4n) is 1.23. The Morgan fingerprint density at radius 2 is 2.00 bits per heavy atom. The summed E-state index contributed by atoms with van der Waals surface area (Å²) in [6.45, 7) is -0.0819. The van der Waals surface area contributed by atoms with E-state index in [0.717, 1.165) is 12.1 Å². The van der Waals surface area contributed by atoms with E-state index in [-0.39, 0.29) is 6.61 Å². The Bertz CT molecular complexity index is 377. The third kappa shape index (κ3) is 2.73. The first-order valence-electron chi connectivity index (χ1n) is 4.38. The molecule has 1 aromatic rings. The number of aromatic carboxylic acids is 1. The molecule has 0 aliphatic carbocycles. The SMILES string of the molecule is O=C(O)c1cc(CCCO)cc(F)c1F. The van der Waals surface area contributed by atoms with Crippen molar-refractivity contribution in [1.82, 2.24) is 0 Å². The third-order valence-electron chi connectivity index (χ3n) is 1.94. The van der Waals surface area contributed by atoms with Gasteiger partial charge in [-0.3, -0.25) is 0 Å². The molecule has 0 aromatic heterocycles. The average Bonchev–Trinajstić information content (AvgIpc) is 2.19. The molecule has 0 bridgehead atoms. The number of hydrogen-bond acceptors (Lipinski definition) is 2. The Morgan fingerprint density at radius 1 is 1.33 bits per heavy atom. The van der Waals surface area contributed by atoms with Gasteiger partial charge in [-0.15, -0.1) is 0 Å². The van der Waals surface area contributed by atoms with Crippen molar-refractivity contribution >= 4 is 5.97 Å². The van der Waals surface area contributed by atoms with Crippen LogP contribution in [0.4, 0.5) is 8.78 Å². The number of aliphatic hydroxyl groups is 1. The molecule has 0 fully saturated rings. The molecule has 1 rings (SSSR count). The van der Waals surface area contributed by atoms with E-state index in [4.69, 9.17) is 10.2 Å². The first-order valence-corrected chi connectivity index (χ1v) is 4.38. The molecule has 2 N–H and O–H groups in total. The number of halogens is 2. The van der Waals surface area contributed by atoms with Crippen molar-refractivity contribution in [2.45, 2.75) is 12.8 Å². The van der Waals surface area contributed by atoms with Crippen molar-refractivity contribution in [2.24, 2.45) is 0 Å². The van der Waals surface area contributed by atoms with Gasteiger partial charge in [0.05, 0.1) is 5.56 Å². The second-order valence-corrected chi connectivity index (χ2v) is 3.07. The Hall–Kier alpha value is -1.49. The fourth-order valence-corrected chi connectivity index (χ4v) is 1.23. The molecular formula is C10H10F2O3. The average molecular weight is 216 g/mol. The molecule has 0 unspecified atom stereocenters. The van der Waals surface area contributed by atoms with Crippen LogP contribution < -0.4 is 0 Å². The van der Waals surface area contributed by atoms with Crippen LogP contribution in [0.15, 0.2) is 12.1 Å². The summed E-state index contributed by atoms with van der Waals surface area (Å²) in [7, 11) is 0. The number of carboxylic acid groups (broad SMARTS) is 1. The lowest BCUT2D eigenvalue weighted by Crippen LogP contribution is -2.05. The van der Waals surface area contributed by atoms with Crippen LogP contribution in [0.2, 0.25) is 0 Å².